The van der Waals surface area contributed by atoms with E-state index in [1.165, 1.54) is 40.9 Å². The Hall–Kier alpha value is -3.65. The maximum absolute atomic E-state index is 12.5. The zero-order chi connectivity index (χ0) is 29.4. The van der Waals surface area contributed by atoms with E-state index in [1.54, 1.807) is 0 Å². The van der Waals surface area contributed by atoms with Crippen molar-refractivity contribution in [1.29, 1.82) is 0 Å². The summed E-state index contributed by atoms with van der Waals surface area (Å²) in [4.78, 5) is 31.8. The van der Waals surface area contributed by atoms with Crippen molar-refractivity contribution in [1.82, 2.24) is 19.8 Å². The van der Waals surface area contributed by atoms with Crippen LogP contribution in [0.1, 0.15) is 44.9 Å². The first kappa shape index (κ1) is 28.5. The second-order valence-corrected chi connectivity index (χ2v) is 12.8. The van der Waals surface area contributed by atoms with Crippen molar-refractivity contribution in [2.45, 2.75) is 58.2 Å². The van der Waals surface area contributed by atoms with Gasteiger partial charge in [-0.15, -0.1) is 0 Å². The van der Waals surface area contributed by atoms with Crippen LogP contribution in [0.2, 0.25) is 0 Å². The van der Waals surface area contributed by atoms with Crippen LogP contribution < -0.4 is 14.5 Å². The molecule has 4 heterocycles. The summed E-state index contributed by atoms with van der Waals surface area (Å²) in [7, 11) is 2.19. The van der Waals surface area contributed by atoms with Gasteiger partial charge in [0.15, 0.2) is 0 Å². The van der Waals surface area contributed by atoms with Crippen molar-refractivity contribution >= 4 is 28.2 Å². The molecule has 42 heavy (non-hydrogen) atoms. The van der Waals surface area contributed by atoms with Crippen LogP contribution in [0.5, 0.6) is 6.01 Å². The van der Waals surface area contributed by atoms with Crippen molar-refractivity contribution in [2.75, 3.05) is 56.2 Å². The average molecular weight is 569 g/mol. The van der Waals surface area contributed by atoms with Gasteiger partial charge in [-0.2, -0.15) is 9.97 Å². The van der Waals surface area contributed by atoms with Gasteiger partial charge in [0.2, 0.25) is 5.91 Å². The maximum atomic E-state index is 12.5. The summed E-state index contributed by atoms with van der Waals surface area (Å²) < 4.78 is 6.45. The lowest BCUT2D eigenvalue weighted by Gasteiger charge is -2.48. The zero-order valence-electron chi connectivity index (χ0n) is 25.6. The molecule has 3 aliphatic heterocycles. The van der Waals surface area contributed by atoms with Crippen LogP contribution in [0.4, 0.5) is 11.5 Å². The summed E-state index contributed by atoms with van der Waals surface area (Å²) in [6, 6.07) is 15.9. The van der Waals surface area contributed by atoms with Gasteiger partial charge >= 0.3 is 6.01 Å². The molecule has 0 bridgehead atoms. The molecule has 1 amide bonds. The van der Waals surface area contributed by atoms with E-state index in [4.69, 9.17) is 14.7 Å². The molecule has 0 N–H and O–H groups in total. The molecule has 8 heteroatoms. The number of hydrogen-bond acceptors (Lipinski definition) is 7. The molecule has 8 nitrogen and oxygen atoms in total. The number of nitrogens with zero attached hydrogens (tertiary/aromatic N) is 6. The largest absolute Gasteiger partial charge is 0.462 e. The Kier molecular flexibility index (Phi) is 7.83. The van der Waals surface area contributed by atoms with Crippen LogP contribution in [0.3, 0.4) is 0 Å². The molecule has 0 spiro atoms. The van der Waals surface area contributed by atoms with E-state index < -0.39 is 0 Å². The monoisotopic (exact) mass is 568 g/mol. The lowest BCUT2D eigenvalue weighted by Crippen LogP contribution is -2.61. The highest BCUT2D eigenvalue weighted by atomic mass is 16.5. The van der Waals surface area contributed by atoms with Crippen molar-refractivity contribution in [3.63, 3.8) is 0 Å². The minimum absolute atomic E-state index is 0.0204. The van der Waals surface area contributed by atoms with Gasteiger partial charge < -0.3 is 19.4 Å². The molecule has 1 aromatic heterocycles. The Morgan fingerprint density at radius 1 is 1.10 bits per heavy atom. The number of piperazine rings is 1. The van der Waals surface area contributed by atoms with Gasteiger partial charge in [-0.05, 0) is 70.1 Å². The number of aromatic nitrogens is 2. The van der Waals surface area contributed by atoms with E-state index in [0.29, 0.717) is 50.8 Å². The molecule has 3 aromatic rings. The summed E-state index contributed by atoms with van der Waals surface area (Å²) in [5.41, 5.74) is 3.15. The highest BCUT2D eigenvalue weighted by molar-refractivity contribution is 5.94. The molecule has 0 aliphatic carbocycles. The fraction of sp³-hybridized carbons (Fsp3) is 0.500. The predicted octanol–water partition coefficient (Wildman–Crippen LogP) is 4.91. The smallest absolute Gasteiger partial charge is 0.318 e. The third-order valence-electron chi connectivity index (χ3n) is 9.55. The minimum atomic E-state index is -0.304. The fourth-order valence-corrected chi connectivity index (χ4v) is 7.14. The number of likely N-dealkylation sites (tertiary alicyclic amines) is 1. The number of rotatable bonds is 6. The van der Waals surface area contributed by atoms with Crippen molar-refractivity contribution in [3.05, 3.63) is 66.4 Å². The molecule has 2 saturated heterocycles. The topological polar surface area (TPSA) is 65.0 Å². The average Bonchev–Trinajstić information content (AvgIpc) is 2.99. The molecular weight excluding hydrogens is 524 g/mol. The Balaban J connectivity index is 1.35. The lowest BCUT2D eigenvalue weighted by molar-refractivity contribution is -0.127. The molecule has 6 rings (SSSR count). The summed E-state index contributed by atoms with van der Waals surface area (Å²) in [6.07, 6.45) is 4.71. The van der Waals surface area contributed by atoms with Crippen LogP contribution in [0.15, 0.2) is 55.1 Å². The fourth-order valence-electron chi connectivity index (χ4n) is 7.14. The molecule has 0 saturated carbocycles. The molecule has 222 valence electrons. The first-order valence-corrected chi connectivity index (χ1v) is 15.4. The number of piperidine rings is 1. The van der Waals surface area contributed by atoms with Crippen LogP contribution >= 0.6 is 0 Å². The third-order valence-corrected chi connectivity index (χ3v) is 9.55. The predicted molar refractivity (Wildman–Crippen MR) is 169 cm³/mol. The molecule has 2 fully saturated rings. The summed E-state index contributed by atoms with van der Waals surface area (Å²) in [6.45, 7) is 15.6. The number of fused-ring (bicyclic) bond motifs is 2. The molecule has 2 atom stereocenters. The van der Waals surface area contributed by atoms with Crippen LogP contribution in [0.25, 0.3) is 10.8 Å². The summed E-state index contributed by atoms with van der Waals surface area (Å²) in [5, 5.41) is 2.50. The summed E-state index contributed by atoms with van der Waals surface area (Å²) in [5.74, 6) is 1.50. The minimum Gasteiger partial charge on any atom is -0.462 e. The number of amides is 1. The lowest BCUT2D eigenvalue weighted by atomic mass is 9.92. The van der Waals surface area contributed by atoms with Gasteiger partial charge in [0.05, 0.1) is 17.8 Å². The van der Waals surface area contributed by atoms with Gasteiger partial charge in [0, 0.05) is 48.9 Å². The highest BCUT2D eigenvalue weighted by Crippen LogP contribution is 2.37. The molecule has 2 aromatic carbocycles. The van der Waals surface area contributed by atoms with Gasteiger partial charge in [-0.25, -0.2) is 0 Å². The van der Waals surface area contributed by atoms with E-state index >= 15 is 0 Å². The number of hydrogen-bond donors (Lipinski definition) is 0. The van der Waals surface area contributed by atoms with Crippen molar-refractivity contribution in [2.24, 2.45) is 5.92 Å². The zero-order valence-corrected chi connectivity index (χ0v) is 25.6. The first-order valence-electron chi connectivity index (χ1n) is 15.4. The van der Waals surface area contributed by atoms with E-state index in [9.17, 15) is 4.79 Å². The van der Waals surface area contributed by atoms with Gasteiger partial charge in [0.1, 0.15) is 12.4 Å². The van der Waals surface area contributed by atoms with Crippen molar-refractivity contribution in [3.8, 4) is 6.01 Å². The third kappa shape index (κ3) is 5.44. The highest BCUT2D eigenvalue weighted by Gasteiger charge is 2.39. The normalized spacial score (nSPS) is 22.6. The Morgan fingerprint density at radius 2 is 1.90 bits per heavy atom. The van der Waals surface area contributed by atoms with Crippen molar-refractivity contribution < 1.29 is 9.53 Å². The van der Waals surface area contributed by atoms with Gasteiger partial charge in [-0.3, -0.25) is 9.69 Å². The SMILES string of the molecule is C=CC(=O)N1CCN(c2nc(OCC3C(C)CCCN3C)nc3c2CCN(c2cccc4ccccc24)C3)C(C)(C)C1. The standard InChI is InChI=1S/C34H44N6O2/c1-6-31(41)39-19-20-40(34(3,4)23-39)32-27-16-18-38(29-15-9-13-25-12-7-8-14-26(25)29)21-28(27)35-33(36-32)42-22-30-24(2)11-10-17-37(30)5/h6-9,12-15,24,30H,1,10-11,16-23H2,2-5H3. The maximum Gasteiger partial charge on any atom is 0.318 e. The number of benzene rings is 2. The molecule has 0 radical (unpaired) electrons. The second-order valence-electron chi connectivity index (χ2n) is 12.8. The first-order chi connectivity index (χ1) is 20.2. The Bertz CT molecular complexity index is 1460. The van der Waals surface area contributed by atoms with Gasteiger partial charge in [-0.1, -0.05) is 49.9 Å². The van der Waals surface area contributed by atoms with E-state index in [-0.39, 0.29) is 11.4 Å². The van der Waals surface area contributed by atoms with Crippen LogP contribution in [0, 0.1) is 5.92 Å². The van der Waals surface area contributed by atoms with E-state index in [1.807, 2.05) is 4.90 Å². The summed E-state index contributed by atoms with van der Waals surface area (Å²) >= 11 is 0. The Morgan fingerprint density at radius 3 is 2.69 bits per heavy atom. The number of carbonyl (C=O) groups excluding carboxylic acids is 1. The molecule has 3 aliphatic rings. The van der Waals surface area contributed by atoms with Crippen LogP contribution in [-0.2, 0) is 17.8 Å². The van der Waals surface area contributed by atoms with E-state index in [0.717, 1.165) is 31.0 Å². The quantitative estimate of drug-likeness (QED) is 0.392. The number of anilines is 2. The number of likely N-dealkylation sites (N-methyl/N-ethyl adjacent to an activating group) is 1. The van der Waals surface area contributed by atoms with E-state index in [2.05, 4.69) is 91.6 Å². The molecule has 2 unspecified atom stereocenters. The number of ether oxygens (including phenoxy) is 1. The molecular formula is C34H44N6O2. The van der Waals surface area contributed by atoms with Crippen LogP contribution in [-0.4, -0.2) is 83.6 Å². The van der Waals surface area contributed by atoms with Gasteiger partial charge in [0.25, 0.3) is 0 Å². The Labute approximate surface area is 250 Å². The number of carbonyl (C=O) groups is 1. The second kappa shape index (κ2) is 11.6.